The molecule has 27 heavy (non-hydrogen) atoms. The molecule has 0 bridgehead atoms. The van der Waals surface area contributed by atoms with Crippen LogP contribution in [0.25, 0.3) is 0 Å². The first kappa shape index (κ1) is 19.2. The average molecular weight is 389 g/mol. The summed E-state index contributed by atoms with van der Waals surface area (Å²) in [5, 5.41) is 0. The van der Waals surface area contributed by atoms with Gasteiger partial charge in [-0.25, -0.2) is 8.42 Å². The predicted octanol–water partition coefficient (Wildman–Crippen LogP) is 2.53. The first-order valence-corrected chi connectivity index (χ1v) is 10.5. The molecule has 144 valence electrons. The topological polar surface area (TPSA) is 72.9 Å². The van der Waals surface area contributed by atoms with Crippen LogP contribution in [0.5, 0.6) is 11.5 Å². The molecule has 1 heterocycles. The van der Waals surface area contributed by atoms with Crippen molar-refractivity contribution in [2.75, 3.05) is 25.7 Å². The zero-order chi connectivity index (χ0) is 19.4. The average Bonchev–Trinajstić information content (AvgIpc) is 3.05. The van der Waals surface area contributed by atoms with E-state index in [0.29, 0.717) is 30.0 Å². The molecule has 0 unspecified atom stereocenters. The SMILES string of the molecule is COc1ccc(C(=O)N(Cc2cccc(OC)c2)[C@H]2CCS(=O)(=O)C2)cc1. The number of carbonyl (C=O) groups excluding carboxylic acids is 1. The van der Waals surface area contributed by atoms with Crippen LogP contribution in [-0.4, -0.2) is 51.0 Å². The van der Waals surface area contributed by atoms with Gasteiger partial charge in [-0.2, -0.15) is 0 Å². The largest absolute Gasteiger partial charge is 0.497 e. The number of benzene rings is 2. The molecule has 1 aliphatic rings. The number of sulfone groups is 1. The summed E-state index contributed by atoms with van der Waals surface area (Å²) in [6.45, 7) is 0.322. The maximum absolute atomic E-state index is 13.2. The van der Waals surface area contributed by atoms with E-state index >= 15 is 0 Å². The van der Waals surface area contributed by atoms with Crippen molar-refractivity contribution < 1.29 is 22.7 Å². The maximum atomic E-state index is 13.2. The second-order valence-corrected chi connectivity index (χ2v) is 8.80. The number of hydrogen-bond acceptors (Lipinski definition) is 5. The lowest BCUT2D eigenvalue weighted by Crippen LogP contribution is -2.40. The van der Waals surface area contributed by atoms with Gasteiger partial charge >= 0.3 is 0 Å². The number of hydrogen-bond donors (Lipinski definition) is 0. The molecule has 0 spiro atoms. The molecule has 0 radical (unpaired) electrons. The van der Waals surface area contributed by atoms with Crippen molar-refractivity contribution in [3.05, 3.63) is 59.7 Å². The van der Waals surface area contributed by atoms with E-state index in [1.807, 2.05) is 24.3 Å². The second kappa shape index (κ2) is 8.00. The van der Waals surface area contributed by atoms with E-state index in [0.717, 1.165) is 5.56 Å². The Balaban J connectivity index is 1.89. The van der Waals surface area contributed by atoms with Crippen molar-refractivity contribution >= 4 is 15.7 Å². The molecule has 3 rings (SSSR count). The van der Waals surface area contributed by atoms with E-state index in [-0.39, 0.29) is 23.5 Å². The maximum Gasteiger partial charge on any atom is 0.254 e. The predicted molar refractivity (Wildman–Crippen MR) is 103 cm³/mol. The molecule has 0 aromatic heterocycles. The van der Waals surface area contributed by atoms with Gasteiger partial charge in [-0.05, 0) is 48.4 Å². The molecule has 1 atom stereocenters. The van der Waals surface area contributed by atoms with Crippen LogP contribution >= 0.6 is 0 Å². The molecule has 1 aliphatic heterocycles. The van der Waals surface area contributed by atoms with E-state index in [9.17, 15) is 13.2 Å². The second-order valence-electron chi connectivity index (χ2n) is 6.57. The summed E-state index contributed by atoms with van der Waals surface area (Å²) < 4.78 is 34.3. The fourth-order valence-electron chi connectivity index (χ4n) is 3.25. The first-order valence-electron chi connectivity index (χ1n) is 8.70. The summed E-state index contributed by atoms with van der Waals surface area (Å²) in [5.74, 6) is 1.28. The van der Waals surface area contributed by atoms with Crippen molar-refractivity contribution in [3.63, 3.8) is 0 Å². The highest BCUT2D eigenvalue weighted by atomic mass is 32.2. The summed E-state index contributed by atoms with van der Waals surface area (Å²) >= 11 is 0. The molecule has 1 fully saturated rings. The quantitative estimate of drug-likeness (QED) is 0.759. The van der Waals surface area contributed by atoms with Crippen LogP contribution in [0.4, 0.5) is 0 Å². The van der Waals surface area contributed by atoms with Gasteiger partial charge in [0.25, 0.3) is 5.91 Å². The third kappa shape index (κ3) is 4.60. The summed E-state index contributed by atoms with van der Waals surface area (Å²) in [6, 6.07) is 14.0. The van der Waals surface area contributed by atoms with Gasteiger partial charge in [0.2, 0.25) is 0 Å². The molecular weight excluding hydrogens is 366 g/mol. The normalized spacial score (nSPS) is 18.1. The highest BCUT2D eigenvalue weighted by molar-refractivity contribution is 7.91. The van der Waals surface area contributed by atoms with E-state index < -0.39 is 9.84 Å². The number of amides is 1. The zero-order valence-corrected chi connectivity index (χ0v) is 16.2. The highest BCUT2D eigenvalue weighted by Gasteiger charge is 2.35. The summed E-state index contributed by atoms with van der Waals surface area (Å²) in [6.07, 6.45) is 0.453. The van der Waals surface area contributed by atoms with E-state index in [1.165, 1.54) is 0 Å². The van der Waals surface area contributed by atoms with Gasteiger partial charge in [-0.1, -0.05) is 12.1 Å². The molecule has 1 amide bonds. The van der Waals surface area contributed by atoms with Crippen LogP contribution in [0.2, 0.25) is 0 Å². The molecule has 0 saturated carbocycles. The standard InChI is InChI=1S/C20H23NO5S/c1-25-18-8-6-16(7-9-18)20(22)21(17-10-11-27(23,24)14-17)13-15-4-3-5-19(12-15)26-2/h3-9,12,17H,10-11,13-14H2,1-2H3/t17-/m0/s1. The summed E-state index contributed by atoms with van der Waals surface area (Å²) in [4.78, 5) is 14.8. The number of nitrogens with zero attached hydrogens (tertiary/aromatic N) is 1. The van der Waals surface area contributed by atoms with Crippen molar-refractivity contribution in [3.8, 4) is 11.5 Å². The molecule has 0 aliphatic carbocycles. The minimum absolute atomic E-state index is 0.00113. The van der Waals surface area contributed by atoms with Gasteiger partial charge < -0.3 is 14.4 Å². The monoisotopic (exact) mass is 389 g/mol. The van der Waals surface area contributed by atoms with Crippen LogP contribution in [0, 0.1) is 0 Å². The summed E-state index contributed by atoms with van der Waals surface area (Å²) in [5.41, 5.74) is 1.39. The highest BCUT2D eigenvalue weighted by Crippen LogP contribution is 2.24. The molecular formula is C20H23NO5S. The smallest absolute Gasteiger partial charge is 0.254 e. The van der Waals surface area contributed by atoms with Crippen LogP contribution in [-0.2, 0) is 16.4 Å². The summed E-state index contributed by atoms with van der Waals surface area (Å²) in [7, 11) is 0.0405. The Morgan fingerprint density at radius 3 is 2.37 bits per heavy atom. The fourth-order valence-corrected chi connectivity index (χ4v) is 4.99. The number of methoxy groups -OCH3 is 2. The van der Waals surface area contributed by atoms with Crippen molar-refractivity contribution in [1.82, 2.24) is 4.90 Å². The van der Waals surface area contributed by atoms with Gasteiger partial charge in [0, 0.05) is 18.2 Å². The van der Waals surface area contributed by atoms with E-state index in [2.05, 4.69) is 0 Å². The number of ether oxygens (including phenoxy) is 2. The lowest BCUT2D eigenvalue weighted by molar-refractivity contribution is 0.0680. The lowest BCUT2D eigenvalue weighted by Gasteiger charge is -2.28. The van der Waals surface area contributed by atoms with Crippen molar-refractivity contribution in [2.45, 2.75) is 19.0 Å². The minimum atomic E-state index is -3.11. The minimum Gasteiger partial charge on any atom is -0.497 e. The van der Waals surface area contributed by atoms with Crippen LogP contribution in [0.15, 0.2) is 48.5 Å². The van der Waals surface area contributed by atoms with Crippen molar-refractivity contribution in [1.29, 1.82) is 0 Å². The number of carbonyl (C=O) groups is 1. The molecule has 2 aromatic carbocycles. The third-order valence-corrected chi connectivity index (χ3v) is 6.48. The Morgan fingerprint density at radius 1 is 1.07 bits per heavy atom. The van der Waals surface area contributed by atoms with Crippen LogP contribution < -0.4 is 9.47 Å². The Labute approximate surface area is 159 Å². The van der Waals surface area contributed by atoms with Crippen LogP contribution in [0.3, 0.4) is 0 Å². The molecule has 7 heteroatoms. The Bertz CT molecular complexity index is 908. The molecule has 2 aromatic rings. The Morgan fingerprint density at radius 2 is 1.78 bits per heavy atom. The van der Waals surface area contributed by atoms with Crippen molar-refractivity contribution in [2.24, 2.45) is 0 Å². The third-order valence-electron chi connectivity index (χ3n) is 4.73. The Hall–Kier alpha value is -2.54. The van der Waals surface area contributed by atoms with E-state index in [1.54, 1.807) is 43.4 Å². The van der Waals surface area contributed by atoms with E-state index in [4.69, 9.17) is 9.47 Å². The van der Waals surface area contributed by atoms with Gasteiger partial charge in [0.15, 0.2) is 9.84 Å². The van der Waals surface area contributed by atoms with Crippen LogP contribution in [0.1, 0.15) is 22.3 Å². The van der Waals surface area contributed by atoms with Gasteiger partial charge in [0.05, 0.1) is 25.7 Å². The first-order chi connectivity index (χ1) is 12.9. The van der Waals surface area contributed by atoms with Gasteiger partial charge in [-0.15, -0.1) is 0 Å². The molecule has 0 N–H and O–H groups in total. The van der Waals surface area contributed by atoms with Gasteiger partial charge in [0.1, 0.15) is 11.5 Å². The number of rotatable bonds is 6. The Kier molecular flexibility index (Phi) is 5.70. The van der Waals surface area contributed by atoms with Gasteiger partial charge in [-0.3, -0.25) is 4.79 Å². The lowest BCUT2D eigenvalue weighted by atomic mass is 10.1. The zero-order valence-electron chi connectivity index (χ0n) is 15.4. The fraction of sp³-hybridized carbons (Fsp3) is 0.350. The molecule has 1 saturated heterocycles. The molecule has 6 nitrogen and oxygen atoms in total.